The van der Waals surface area contributed by atoms with E-state index in [1.807, 2.05) is 0 Å². The van der Waals surface area contributed by atoms with Crippen molar-refractivity contribution in [3.8, 4) is 11.3 Å². The van der Waals surface area contributed by atoms with Gasteiger partial charge in [0.15, 0.2) is 0 Å². The van der Waals surface area contributed by atoms with Crippen molar-refractivity contribution in [1.29, 1.82) is 0 Å². The van der Waals surface area contributed by atoms with E-state index in [1.54, 1.807) is 0 Å². The fourth-order valence-corrected chi connectivity index (χ4v) is 1.69. The highest BCUT2D eigenvalue weighted by Gasteiger charge is 2.30. The summed E-state index contributed by atoms with van der Waals surface area (Å²) in [6.45, 7) is 0. The molecule has 2 aromatic rings. The van der Waals surface area contributed by atoms with Gasteiger partial charge in [0.25, 0.3) is 0 Å². The summed E-state index contributed by atoms with van der Waals surface area (Å²) in [7, 11) is 0. The zero-order valence-electron chi connectivity index (χ0n) is 8.87. The van der Waals surface area contributed by atoms with Gasteiger partial charge in [-0.2, -0.15) is 13.2 Å². The first-order valence-corrected chi connectivity index (χ1v) is 5.63. The summed E-state index contributed by atoms with van der Waals surface area (Å²) in [6, 6.07) is 4.60. The molecule has 2 N–H and O–H groups in total. The summed E-state index contributed by atoms with van der Waals surface area (Å²) >= 11 is 3.13. The Labute approximate surface area is 109 Å². The van der Waals surface area contributed by atoms with E-state index in [4.69, 9.17) is 5.73 Å². The van der Waals surface area contributed by atoms with Crippen LogP contribution in [0.2, 0.25) is 0 Å². The maximum absolute atomic E-state index is 12.4. The molecule has 0 amide bonds. The molecule has 18 heavy (non-hydrogen) atoms. The van der Waals surface area contributed by atoms with E-state index in [2.05, 4.69) is 25.9 Å². The van der Waals surface area contributed by atoms with Gasteiger partial charge in [0, 0.05) is 5.56 Å². The molecule has 0 aliphatic carbocycles. The standard InChI is InChI=1S/C11H7BrF3N3/c12-8-5-17-10(16)9(18-8)6-1-3-7(4-2-6)11(13,14)15/h1-5H,(H2,16,17). The highest BCUT2D eigenvalue weighted by Crippen LogP contribution is 2.31. The van der Waals surface area contributed by atoms with Crippen LogP contribution in [0.4, 0.5) is 19.0 Å². The van der Waals surface area contributed by atoms with Crippen LogP contribution < -0.4 is 5.73 Å². The second kappa shape index (κ2) is 4.56. The fourth-order valence-electron chi connectivity index (χ4n) is 1.41. The van der Waals surface area contributed by atoms with Crippen LogP contribution >= 0.6 is 15.9 Å². The number of nitrogen functional groups attached to an aromatic ring is 1. The van der Waals surface area contributed by atoms with E-state index in [-0.39, 0.29) is 5.82 Å². The van der Waals surface area contributed by atoms with Crippen molar-refractivity contribution in [3.63, 3.8) is 0 Å². The first-order chi connectivity index (χ1) is 8.38. The zero-order valence-corrected chi connectivity index (χ0v) is 10.5. The van der Waals surface area contributed by atoms with E-state index in [9.17, 15) is 13.2 Å². The number of halogens is 4. The molecule has 2 rings (SSSR count). The molecule has 0 aliphatic rings. The SMILES string of the molecule is Nc1ncc(Br)nc1-c1ccc(C(F)(F)F)cc1. The van der Waals surface area contributed by atoms with Crippen molar-refractivity contribution in [2.75, 3.05) is 5.73 Å². The number of rotatable bonds is 1. The van der Waals surface area contributed by atoms with Crippen LogP contribution in [0.1, 0.15) is 5.56 Å². The minimum absolute atomic E-state index is 0.165. The lowest BCUT2D eigenvalue weighted by molar-refractivity contribution is -0.137. The smallest absolute Gasteiger partial charge is 0.382 e. The van der Waals surface area contributed by atoms with Gasteiger partial charge in [0.1, 0.15) is 16.1 Å². The third-order valence-corrected chi connectivity index (χ3v) is 2.64. The summed E-state index contributed by atoms with van der Waals surface area (Å²) in [5, 5.41) is 0. The number of hydrogen-bond donors (Lipinski definition) is 1. The third-order valence-electron chi connectivity index (χ3n) is 2.26. The minimum Gasteiger partial charge on any atom is -0.382 e. The van der Waals surface area contributed by atoms with Gasteiger partial charge in [-0.25, -0.2) is 9.97 Å². The van der Waals surface area contributed by atoms with Gasteiger partial charge in [0.2, 0.25) is 0 Å². The number of aromatic nitrogens is 2. The average Bonchev–Trinajstić information content (AvgIpc) is 2.31. The van der Waals surface area contributed by atoms with Gasteiger partial charge in [-0.05, 0) is 28.1 Å². The molecule has 1 aromatic heterocycles. The number of hydrogen-bond acceptors (Lipinski definition) is 3. The Hall–Kier alpha value is -1.63. The molecule has 1 heterocycles. The normalized spacial score (nSPS) is 11.6. The zero-order chi connectivity index (χ0) is 13.3. The van der Waals surface area contributed by atoms with Gasteiger partial charge < -0.3 is 5.73 Å². The summed E-state index contributed by atoms with van der Waals surface area (Å²) in [5.74, 6) is 0.165. The van der Waals surface area contributed by atoms with Crippen molar-refractivity contribution in [1.82, 2.24) is 9.97 Å². The molecule has 3 nitrogen and oxygen atoms in total. The van der Waals surface area contributed by atoms with Crippen LogP contribution in [0.15, 0.2) is 35.1 Å². The molecule has 0 fully saturated rings. The van der Waals surface area contributed by atoms with E-state index < -0.39 is 11.7 Å². The number of anilines is 1. The molecule has 0 saturated carbocycles. The molecule has 94 valence electrons. The quantitative estimate of drug-likeness (QED) is 0.875. The number of nitrogens with zero attached hydrogens (tertiary/aromatic N) is 2. The Morgan fingerprint density at radius 2 is 1.72 bits per heavy atom. The second-order valence-electron chi connectivity index (χ2n) is 3.50. The summed E-state index contributed by atoms with van der Waals surface area (Å²) in [4.78, 5) is 7.96. The number of alkyl halides is 3. The van der Waals surface area contributed by atoms with Crippen molar-refractivity contribution in [2.45, 2.75) is 6.18 Å². The predicted molar refractivity (Wildman–Crippen MR) is 64.6 cm³/mol. The van der Waals surface area contributed by atoms with Crippen LogP contribution in [-0.2, 0) is 6.18 Å². The molecule has 0 aliphatic heterocycles. The summed E-state index contributed by atoms with van der Waals surface area (Å²) in [6.07, 6.45) is -2.93. The Balaban J connectivity index is 2.43. The fraction of sp³-hybridized carbons (Fsp3) is 0.0909. The lowest BCUT2D eigenvalue weighted by atomic mass is 10.1. The number of benzene rings is 1. The van der Waals surface area contributed by atoms with E-state index in [0.717, 1.165) is 12.1 Å². The summed E-state index contributed by atoms with van der Waals surface area (Å²) < 4.78 is 37.7. The lowest BCUT2D eigenvalue weighted by Gasteiger charge is -2.08. The second-order valence-corrected chi connectivity index (χ2v) is 4.31. The van der Waals surface area contributed by atoms with Crippen molar-refractivity contribution in [3.05, 3.63) is 40.6 Å². The highest BCUT2D eigenvalue weighted by molar-refractivity contribution is 9.10. The van der Waals surface area contributed by atoms with E-state index >= 15 is 0 Å². The van der Waals surface area contributed by atoms with Gasteiger partial charge in [-0.15, -0.1) is 0 Å². The molecule has 7 heteroatoms. The predicted octanol–water partition coefficient (Wildman–Crippen LogP) is 3.51. The molecule has 0 spiro atoms. The van der Waals surface area contributed by atoms with E-state index in [1.165, 1.54) is 18.3 Å². The van der Waals surface area contributed by atoms with Crippen LogP contribution in [0, 0.1) is 0 Å². The van der Waals surface area contributed by atoms with Gasteiger partial charge in [0.05, 0.1) is 11.8 Å². The van der Waals surface area contributed by atoms with Gasteiger partial charge in [-0.1, -0.05) is 12.1 Å². The Kier molecular flexibility index (Phi) is 3.25. The van der Waals surface area contributed by atoms with Gasteiger partial charge in [-0.3, -0.25) is 0 Å². The molecule has 0 atom stereocenters. The average molecular weight is 318 g/mol. The van der Waals surface area contributed by atoms with Crippen LogP contribution in [0.3, 0.4) is 0 Å². The third kappa shape index (κ3) is 2.61. The van der Waals surface area contributed by atoms with Crippen LogP contribution in [-0.4, -0.2) is 9.97 Å². The lowest BCUT2D eigenvalue weighted by Crippen LogP contribution is -2.04. The Morgan fingerprint density at radius 3 is 2.28 bits per heavy atom. The largest absolute Gasteiger partial charge is 0.416 e. The topological polar surface area (TPSA) is 51.8 Å². The van der Waals surface area contributed by atoms with Gasteiger partial charge >= 0.3 is 6.18 Å². The monoisotopic (exact) mass is 317 g/mol. The highest BCUT2D eigenvalue weighted by atomic mass is 79.9. The first kappa shape index (κ1) is 12.8. The Bertz CT molecular complexity index is 567. The first-order valence-electron chi connectivity index (χ1n) is 4.83. The number of nitrogens with two attached hydrogens (primary N) is 1. The van der Waals surface area contributed by atoms with Crippen molar-refractivity contribution >= 4 is 21.7 Å². The maximum Gasteiger partial charge on any atom is 0.416 e. The van der Waals surface area contributed by atoms with Crippen LogP contribution in [0.5, 0.6) is 0 Å². The van der Waals surface area contributed by atoms with E-state index in [0.29, 0.717) is 15.9 Å². The maximum atomic E-state index is 12.4. The van der Waals surface area contributed by atoms with Crippen molar-refractivity contribution < 1.29 is 13.2 Å². The van der Waals surface area contributed by atoms with Crippen molar-refractivity contribution in [2.24, 2.45) is 0 Å². The molecule has 0 saturated heterocycles. The van der Waals surface area contributed by atoms with Crippen LogP contribution in [0.25, 0.3) is 11.3 Å². The Morgan fingerprint density at radius 1 is 1.11 bits per heavy atom. The minimum atomic E-state index is -4.35. The molecular formula is C11H7BrF3N3. The molecular weight excluding hydrogens is 311 g/mol. The molecule has 1 aromatic carbocycles. The summed E-state index contributed by atoms with van der Waals surface area (Å²) in [5.41, 5.74) is 5.74. The molecule has 0 bridgehead atoms. The molecule has 0 radical (unpaired) electrons. The molecule has 0 unspecified atom stereocenters.